The van der Waals surface area contributed by atoms with Crippen LogP contribution in [0.25, 0.3) is 5.65 Å². The first-order valence-electron chi connectivity index (χ1n) is 8.90. The van der Waals surface area contributed by atoms with Gasteiger partial charge in [-0.15, -0.1) is 0 Å². The predicted molar refractivity (Wildman–Crippen MR) is 95.5 cm³/mol. The molecule has 1 N–H and O–H groups in total. The summed E-state index contributed by atoms with van der Waals surface area (Å²) in [5, 5.41) is 7.42. The lowest BCUT2D eigenvalue weighted by Gasteiger charge is -2.30. The van der Waals surface area contributed by atoms with Gasteiger partial charge >= 0.3 is 0 Å². The number of aromatic amines is 1. The van der Waals surface area contributed by atoms with E-state index in [-0.39, 0.29) is 11.9 Å². The fourth-order valence-corrected chi connectivity index (χ4v) is 3.91. The van der Waals surface area contributed by atoms with E-state index in [2.05, 4.69) is 15.2 Å². The molecule has 4 heterocycles. The van der Waals surface area contributed by atoms with Gasteiger partial charge in [-0.1, -0.05) is 12.8 Å². The predicted octanol–water partition coefficient (Wildman–Crippen LogP) is 3.43. The molecule has 1 amide bonds. The first kappa shape index (κ1) is 15.9. The number of nitrogens with one attached hydrogen (secondary N) is 1. The third-order valence-corrected chi connectivity index (χ3v) is 5.18. The van der Waals surface area contributed by atoms with Crippen LogP contribution in [0.1, 0.15) is 59.0 Å². The van der Waals surface area contributed by atoms with Gasteiger partial charge in [0, 0.05) is 42.0 Å². The summed E-state index contributed by atoms with van der Waals surface area (Å²) in [6.07, 6.45) is 9.86. The van der Waals surface area contributed by atoms with Gasteiger partial charge in [-0.25, -0.2) is 4.98 Å². The summed E-state index contributed by atoms with van der Waals surface area (Å²) in [6, 6.07) is 3.85. The zero-order valence-electron chi connectivity index (χ0n) is 14.7. The van der Waals surface area contributed by atoms with Crippen molar-refractivity contribution in [2.45, 2.75) is 45.6 Å². The van der Waals surface area contributed by atoms with Crippen molar-refractivity contribution in [1.29, 1.82) is 0 Å². The lowest BCUT2D eigenvalue weighted by Crippen LogP contribution is -2.35. The number of rotatable bonds is 2. The van der Waals surface area contributed by atoms with Crippen LogP contribution < -0.4 is 0 Å². The third-order valence-electron chi connectivity index (χ3n) is 5.18. The van der Waals surface area contributed by atoms with Gasteiger partial charge in [-0.2, -0.15) is 5.10 Å². The molecule has 25 heavy (non-hydrogen) atoms. The smallest absolute Gasteiger partial charge is 0.254 e. The summed E-state index contributed by atoms with van der Waals surface area (Å²) in [6.45, 7) is 4.84. The molecule has 6 nitrogen and oxygen atoms in total. The Labute approximate surface area is 146 Å². The number of imidazole rings is 1. The van der Waals surface area contributed by atoms with E-state index in [9.17, 15) is 4.79 Å². The van der Waals surface area contributed by atoms with Crippen LogP contribution in [0.4, 0.5) is 0 Å². The highest BCUT2D eigenvalue weighted by atomic mass is 16.2. The van der Waals surface area contributed by atoms with Crippen LogP contribution in [-0.4, -0.2) is 36.9 Å². The van der Waals surface area contributed by atoms with Crippen LogP contribution in [-0.2, 0) is 0 Å². The Morgan fingerprint density at radius 1 is 1.24 bits per heavy atom. The molecule has 6 heteroatoms. The number of carbonyl (C=O) groups excluding carboxylic acids is 1. The molecule has 1 aliphatic rings. The van der Waals surface area contributed by atoms with Gasteiger partial charge in [0.25, 0.3) is 5.91 Å². The van der Waals surface area contributed by atoms with Crippen LogP contribution in [0.15, 0.2) is 30.7 Å². The van der Waals surface area contributed by atoms with Crippen molar-refractivity contribution in [1.82, 2.24) is 24.5 Å². The molecule has 4 rings (SSSR count). The SMILES string of the molecule is Cc1n[nH]c(C)c1[C@H]1CCCCCN1C(=O)c1ccn2ccnc2c1. The summed E-state index contributed by atoms with van der Waals surface area (Å²) < 4.78 is 1.92. The third kappa shape index (κ3) is 2.81. The van der Waals surface area contributed by atoms with Crippen molar-refractivity contribution in [3.8, 4) is 0 Å². The Bertz CT molecular complexity index is 890. The number of fused-ring (bicyclic) bond motifs is 1. The highest BCUT2D eigenvalue weighted by molar-refractivity contribution is 5.95. The molecular formula is C19H23N5O. The average molecular weight is 337 g/mol. The maximum absolute atomic E-state index is 13.3. The second-order valence-electron chi connectivity index (χ2n) is 6.82. The maximum atomic E-state index is 13.3. The molecule has 0 spiro atoms. The molecular weight excluding hydrogens is 314 g/mol. The lowest BCUT2D eigenvalue weighted by atomic mass is 9.98. The Kier molecular flexibility index (Phi) is 4.03. The Morgan fingerprint density at radius 3 is 2.92 bits per heavy atom. The molecule has 0 saturated carbocycles. The van der Waals surface area contributed by atoms with Crippen molar-refractivity contribution >= 4 is 11.6 Å². The average Bonchev–Trinajstić information content (AvgIpc) is 3.13. The number of likely N-dealkylation sites (tertiary alicyclic amines) is 1. The fourth-order valence-electron chi connectivity index (χ4n) is 3.91. The van der Waals surface area contributed by atoms with E-state index < -0.39 is 0 Å². The Hall–Kier alpha value is -2.63. The monoisotopic (exact) mass is 337 g/mol. The van der Waals surface area contributed by atoms with Gasteiger partial charge in [0.05, 0.1) is 11.7 Å². The van der Waals surface area contributed by atoms with Gasteiger partial charge in [0.15, 0.2) is 0 Å². The fraction of sp³-hybridized carbons (Fsp3) is 0.421. The summed E-state index contributed by atoms with van der Waals surface area (Å²) in [4.78, 5) is 19.6. The molecule has 0 unspecified atom stereocenters. The molecule has 3 aromatic rings. The van der Waals surface area contributed by atoms with Gasteiger partial charge < -0.3 is 9.30 Å². The van der Waals surface area contributed by atoms with Crippen molar-refractivity contribution in [2.75, 3.05) is 6.54 Å². The second-order valence-corrected chi connectivity index (χ2v) is 6.82. The summed E-state index contributed by atoms with van der Waals surface area (Å²) >= 11 is 0. The van der Waals surface area contributed by atoms with E-state index in [0.717, 1.165) is 49.3 Å². The number of pyridine rings is 1. The zero-order valence-corrected chi connectivity index (χ0v) is 14.7. The number of amides is 1. The quantitative estimate of drug-likeness (QED) is 0.779. The minimum Gasteiger partial charge on any atom is -0.331 e. The van der Waals surface area contributed by atoms with Crippen molar-refractivity contribution in [2.24, 2.45) is 0 Å². The summed E-state index contributed by atoms with van der Waals surface area (Å²) in [7, 11) is 0. The van der Waals surface area contributed by atoms with Gasteiger partial charge in [0.2, 0.25) is 0 Å². The first-order chi connectivity index (χ1) is 12.1. The number of aryl methyl sites for hydroxylation is 2. The highest BCUT2D eigenvalue weighted by Gasteiger charge is 2.30. The van der Waals surface area contributed by atoms with Crippen LogP contribution in [0.5, 0.6) is 0 Å². The minimum atomic E-state index is 0.0809. The lowest BCUT2D eigenvalue weighted by molar-refractivity contribution is 0.0680. The Morgan fingerprint density at radius 2 is 2.12 bits per heavy atom. The molecule has 1 atom stereocenters. The molecule has 1 aliphatic heterocycles. The van der Waals surface area contributed by atoms with Crippen molar-refractivity contribution in [3.63, 3.8) is 0 Å². The number of aromatic nitrogens is 4. The highest BCUT2D eigenvalue weighted by Crippen LogP contribution is 2.34. The topological polar surface area (TPSA) is 66.3 Å². The zero-order chi connectivity index (χ0) is 17.4. The number of hydrogen-bond donors (Lipinski definition) is 1. The van der Waals surface area contributed by atoms with Gasteiger partial charge in [0.1, 0.15) is 5.65 Å². The molecule has 0 radical (unpaired) electrons. The van der Waals surface area contributed by atoms with Gasteiger partial charge in [-0.05, 0) is 38.8 Å². The number of hydrogen-bond acceptors (Lipinski definition) is 3. The molecule has 1 fully saturated rings. The number of nitrogens with zero attached hydrogens (tertiary/aromatic N) is 4. The van der Waals surface area contributed by atoms with E-state index in [1.165, 1.54) is 5.56 Å². The largest absolute Gasteiger partial charge is 0.331 e. The van der Waals surface area contributed by atoms with Crippen LogP contribution in [0, 0.1) is 13.8 Å². The molecule has 0 bridgehead atoms. The van der Waals surface area contributed by atoms with Gasteiger partial charge in [-0.3, -0.25) is 9.89 Å². The molecule has 3 aromatic heterocycles. The molecule has 1 saturated heterocycles. The van der Waals surface area contributed by atoms with E-state index in [1.54, 1.807) is 6.20 Å². The van der Waals surface area contributed by atoms with Crippen LogP contribution >= 0.6 is 0 Å². The maximum Gasteiger partial charge on any atom is 0.254 e. The van der Waals surface area contributed by atoms with Crippen molar-refractivity contribution in [3.05, 3.63) is 53.2 Å². The summed E-state index contributed by atoms with van der Waals surface area (Å²) in [5.74, 6) is 0.0809. The molecule has 130 valence electrons. The Balaban J connectivity index is 1.72. The normalized spacial score (nSPS) is 18.5. The van der Waals surface area contributed by atoms with E-state index in [4.69, 9.17) is 0 Å². The molecule has 0 aliphatic carbocycles. The van der Waals surface area contributed by atoms with E-state index in [0.29, 0.717) is 5.56 Å². The second kappa shape index (κ2) is 6.35. The summed E-state index contributed by atoms with van der Waals surface area (Å²) in [5.41, 5.74) is 4.73. The standard InChI is InChI=1S/C19H23N5O/c1-13-18(14(2)22-21-13)16-6-4-3-5-9-24(16)19(25)15-7-10-23-11-8-20-17(23)12-15/h7-8,10-12,16H,3-6,9H2,1-2H3,(H,21,22)/t16-/m1/s1. The van der Waals surface area contributed by atoms with E-state index >= 15 is 0 Å². The minimum absolute atomic E-state index is 0.0809. The van der Waals surface area contributed by atoms with Crippen LogP contribution in [0.2, 0.25) is 0 Å². The number of carbonyl (C=O) groups is 1. The number of H-pyrrole nitrogens is 1. The van der Waals surface area contributed by atoms with Crippen LogP contribution in [0.3, 0.4) is 0 Å². The van der Waals surface area contributed by atoms with E-state index in [1.807, 2.05) is 47.7 Å². The first-order valence-corrected chi connectivity index (χ1v) is 8.90. The van der Waals surface area contributed by atoms with Crippen molar-refractivity contribution < 1.29 is 4.79 Å². The molecule has 0 aromatic carbocycles.